The number of carbonyl (C=O) groups excluding carboxylic acids is 1. The molecule has 0 aliphatic carbocycles. The van der Waals surface area contributed by atoms with E-state index in [1.165, 1.54) is 24.3 Å². The van der Waals surface area contributed by atoms with E-state index in [2.05, 4.69) is 5.32 Å². The molecular weight excluding hydrogens is 443 g/mol. The number of hydrogen-bond donors (Lipinski definition) is 1. The van der Waals surface area contributed by atoms with Crippen molar-refractivity contribution in [2.45, 2.75) is 17.9 Å². The summed E-state index contributed by atoms with van der Waals surface area (Å²) in [5.74, 6) is -0.470. The molecule has 1 amide bonds. The maximum Gasteiger partial charge on any atom is 0.264 e. The molecule has 3 aromatic rings. The van der Waals surface area contributed by atoms with Crippen LogP contribution in [0, 0.1) is 0 Å². The number of benzene rings is 3. The minimum atomic E-state index is -4.06. The first kappa shape index (κ1) is 22.2. The first-order valence-electron chi connectivity index (χ1n) is 9.16. The fourth-order valence-corrected chi connectivity index (χ4v) is 4.83. The third kappa shape index (κ3) is 5.14. The molecule has 156 valence electrons. The lowest BCUT2D eigenvalue weighted by Gasteiger charge is -2.26. The van der Waals surface area contributed by atoms with Gasteiger partial charge in [0.05, 0.1) is 21.6 Å². The van der Waals surface area contributed by atoms with E-state index < -0.39 is 22.5 Å². The average Bonchev–Trinajstić information content (AvgIpc) is 2.75. The molecular formula is C22H20Cl2N2O3S. The summed E-state index contributed by atoms with van der Waals surface area (Å²) < 4.78 is 27.6. The van der Waals surface area contributed by atoms with Crippen molar-refractivity contribution >= 4 is 44.8 Å². The van der Waals surface area contributed by atoms with E-state index in [-0.39, 0.29) is 21.6 Å². The SMILES string of the molecule is C[C@@H](NC(=O)CN(c1cc(Cl)ccc1Cl)S(=O)(=O)c1ccccc1)c1ccccc1. The summed E-state index contributed by atoms with van der Waals surface area (Å²) in [6.07, 6.45) is 0. The summed E-state index contributed by atoms with van der Waals surface area (Å²) in [6.45, 7) is 1.38. The van der Waals surface area contributed by atoms with E-state index in [1.54, 1.807) is 24.3 Å². The molecule has 5 nitrogen and oxygen atoms in total. The second-order valence-electron chi connectivity index (χ2n) is 6.62. The molecule has 8 heteroatoms. The van der Waals surface area contributed by atoms with Gasteiger partial charge in [-0.05, 0) is 42.8 Å². The summed E-state index contributed by atoms with van der Waals surface area (Å²) in [5, 5.41) is 3.31. The molecule has 3 rings (SSSR count). The van der Waals surface area contributed by atoms with E-state index >= 15 is 0 Å². The average molecular weight is 463 g/mol. The molecule has 0 aliphatic rings. The van der Waals surface area contributed by atoms with Crippen LogP contribution in [0.4, 0.5) is 5.69 Å². The van der Waals surface area contributed by atoms with E-state index in [9.17, 15) is 13.2 Å². The lowest BCUT2D eigenvalue weighted by Crippen LogP contribution is -2.41. The third-order valence-corrected chi connectivity index (χ3v) is 6.80. The Kier molecular flexibility index (Phi) is 7.02. The molecule has 0 aliphatic heterocycles. The quantitative estimate of drug-likeness (QED) is 0.532. The Morgan fingerprint density at radius 1 is 0.967 bits per heavy atom. The summed E-state index contributed by atoms with van der Waals surface area (Å²) in [7, 11) is -4.06. The van der Waals surface area contributed by atoms with Gasteiger partial charge in [0, 0.05) is 5.02 Å². The third-order valence-electron chi connectivity index (χ3n) is 4.47. The van der Waals surface area contributed by atoms with Gasteiger partial charge in [-0.3, -0.25) is 9.10 Å². The normalized spacial score (nSPS) is 12.2. The van der Waals surface area contributed by atoms with Gasteiger partial charge in [-0.15, -0.1) is 0 Å². The summed E-state index contributed by atoms with van der Waals surface area (Å²) in [5.41, 5.74) is 1.04. The van der Waals surface area contributed by atoms with Gasteiger partial charge in [0.2, 0.25) is 5.91 Å². The summed E-state index contributed by atoms with van der Waals surface area (Å²) >= 11 is 12.4. The van der Waals surface area contributed by atoms with Gasteiger partial charge in [0.15, 0.2) is 0 Å². The minimum absolute atomic E-state index is 0.0463. The molecule has 30 heavy (non-hydrogen) atoms. The number of amides is 1. The number of carbonyl (C=O) groups is 1. The molecule has 0 radical (unpaired) electrons. The highest BCUT2D eigenvalue weighted by molar-refractivity contribution is 7.92. The summed E-state index contributed by atoms with van der Waals surface area (Å²) in [6, 6.07) is 21.4. The molecule has 1 atom stereocenters. The van der Waals surface area contributed by atoms with Crippen LogP contribution in [-0.2, 0) is 14.8 Å². The van der Waals surface area contributed by atoms with Gasteiger partial charge in [-0.1, -0.05) is 71.7 Å². The monoisotopic (exact) mass is 462 g/mol. The largest absolute Gasteiger partial charge is 0.348 e. The predicted molar refractivity (Wildman–Crippen MR) is 120 cm³/mol. The van der Waals surface area contributed by atoms with E-state index in [0.717, 1.165) is 9.87 Å². The Labute approximate surface area is 186 Å². The van der Waals surface area contributed by atoms with Gasteiger partial charge in [0.25, 0.3) is 10.0 Å². The van der Waals surface area contributed by atoms with Crippen molar-refractivity contribution in [1.29, 1.82) is 0 Å². The number of rotatable bonds is 7. The Bertz CT molecular complexity index is 1120. The molecule has 0 heterocycles. The summed E-state index contributed by atoms with van der Waals surface area (Å²) in [4.78, 5) is 12.8. The van der Waals surface area contributed by atoms with Crippen molar-refractivity contribution in [3.05, 3.63) is 94.5 Å². The van der Waals surface area contributed by atoms with Crippen LogP contribution in [0.2, 0.25) is 10.0 Å². The molecule has 0 unspecified atom stereocenters. The van der Waals surface area contributed by atoms with Crippen molar-refractivity contribution in [2.75, 3.05) is 10.8 Å². The van der Waals surface area contributed by atoms with Crippen LogP contribution in [-0.4, -0.2) is 20.9 Å². The second kappa shape index (κ2) is 9.51. The van der Waals surface area contributed by atoms with Crippen LogP contribution < -0.4 is 9.62 Å². The van der Waals surface area contributed by atoms with E-state index in [1.807, 2.05) is 37.3 Å². The maximum absolute atomic E-state index is 13.3. The Hall–Kier alpha value is -2.54. The first-order valence-corrected chi connectivity index (χ1v) is 11.4. The second-order valence-corrected chi connectivity index (χ2v) is 9.33. The van der Waals surface area contributed by atoms with Crippen LogP contribution in [0.5, 0.6) is 0 Å². The smallest absolute Gasteiger partial charge is 0.264 e. The number of anilines is 1. The first-order chi connectivity index (χ1) is 14.3. The lowest BCUT2D eigenvalue weighted by molar-refractivity contribution is -0.120. The van der Waals surface area contributed by atoms with Gasteiger partial charge in [-0.2, -0.15) is 0 Å². The molecule has 0 saturated heterocycles. The topological polar surface area (TPSA) is 66.5 Å². The number of hydrogen-bond acceptors (Lipinski definition) is 3. The highest BCUT2D eigenvalue weighted by atomic mass is 35.5. The highest BCUT2D eigenvalue weighted by Gasteiger charge is 2.29. The van der Waals surface area contributed by atoms with Gasteiger partial charge in [0.1, 0.15) is 6.54 Å². The van der Waals surface area contributed by atoms with Crippen molar-refractivity contribution in [3.63, 3.8) is 0 Å². The fourth-order valence-electron chi connectivity index (χ4n) is 2.94. The van der Waals surface area contributed by atoms with Crippen LogP contribution in [0.1, 0.15) is 18.5 Å². The standard InChI is InChI=1S/C22H20Cl2N2O3S/c1-16(17-8-4-2-5-9-17)25-22(27)15-26(21-14-18(23)12-13-20(21)24)30(28,29)19-10-6-3-7-11-19/h2-14,16H,15H2,1H3,(H,25,27)/t16-/m1/s1. The van der Waals surface area contributed by atoms with E-state index in [0.29, 0.717) is 5.02 Å². The number of nitrogens with zero attached hydrogens (tertiary/aromatic N) is 1. The lowest BCUT2D eigenvalue weighted by atomic mass is 10.1. The Balaban J connectivity index is 1.94. The van der Waals surface area contributed by atoms with Crippen molar-refractivity contribution in [3.8, 4) is 0 Å². The number of halogens is 2. The van der Waals surface area contributed by atoms with Crippen LogP contribution in [0.15, 0.2) is 83.8 Å². The maximum atomic E-state index is 13.3. The number of nitrogens with one attached hydrogen (secondary N) is 1. The minimum Gasteiger partial charge on any atom is -0.348 e. The predicted octanol–water partition coefficient (Wildman–Crippen LogP) is 5.07. The number of sulfonamides is 1. The fraction of sp³-hybridized carbons (Fsp3) is 0.136. The molecule has 0 aromatic heterocycles. The van der Waals surface area contributed by atoms with Crippen molar-refractivity contribution in [2.24, 2.45) is 0 Å². The highest BCUT2D eigenvalue weighted by Crippen LogP contribution is 2.33. The van der Waals surface area contributed by atoms with Gasteiger partial charge < -0.3 is 5.32 Å². The molecule has 0 saturated carbocycles. The van der Waals surface area contributed by atoms with E-state index in [4.69, 9.17) is 23.2 Å². The zero-order valence-electron chi connectivity index (χ0n) is 16.1. The van der Waals surface area contributed by atoms with Crippen LogP contribution in [0.25, 0.3) is 0 Å². The van der Waals surface area contributed by atoms with Crippen molar-refractivity contribution < 1.29 is 13.2 Å². The molecule has 0 bridgehead atoms. The Morgan fingerprint density at radius 3 is 2.20 bits per heavy atom. The van der Waals surface area contributed by atoms with Gasteiger partial charge in [-0.25, -0.2) is 8.42 Å². The Morgan fingerprint density at radius 2 is 1.57 bits per heavy atom. The van der Waals surface area contributed by atoms with Crippen LogP contribution >= 0.6 is 23.2 Å². The zero-order chi connectivity index (χ0) is 21.7. The molecule has 1 N–H and O–H groups in total. The molecule has 3 aromatic carbocycles. The van der Waals surface area contributed by atoms with Crippen LogP contribution in [0.3, 0.4) is 0 Å². The molecule has 0 fully saturated rings. The van der Waals surface area contributed by atoms with Crippen molar-refractivity contribution in [1.82, 2.24) is 5.32 Å². The zero-order valence-corrected chi connectivity index (χ0v) is 18.5. The van der Waals surface area contributed by atoms with Gasteiger partial charge >= 0.3 is 0 Å². The molecule has 0 spiro atoms.